The minimum atomic E-state index is -0.202. The van der Waals surface area contributed by atoms with E-state index in [9.17, 15) is 4.39 Å². The normalized spacial score (nSPS) is 22.0. The van der Waals surface area contributed by atoms with Gasteiger partial charge in [0.05, 0.1) is 6.54 Å². The molecule has 2 aliphatic rings. The zero-order chi connectivity index (χ0) is 14.7. The molecule has 21 heavy (non-hydrogen) atoms. The zero-order valence-corrected chi connectivity index (χ0v) is 12.1. The summed E-state index contributed by atoms with van der Waals surface area (Å²) >= 11 is 0. The molecule has 0 radical (unpaired) electrons. The number of rotatable bonds is 4. The van der Waals surface area contributed by atoms with Gasteiger partial charge in [0.1, 0.15) is 5.82 Å². The van der Waals surface area contributed by atoms with Gasteiger partial charge < -0.3 is 15.8 Å². The number of nitrogens with one attached hydrogen (secondary N) is 1. The molecule has 114 valence electrons. The second kappa shape index (κ2) is 6.02. The number of hydrogen-bond donors (Lipinski definition) is 2. The van der Waals surface area contributed by atoms with E-state index in [1.165, 1.54) is 18.9 Å². The van der Waals surface area contributed by atoms with E-state index in [4.69, 9.17) is 10.5 Å². The first-order valence-electron chi connectivity index (χ1n) is 7.58. The standard InChI is InChI=1S/C16H22FN3O/c17-13-3-1-2-12(10-13)16(6-8-21-9-7-16)11-19-15(18)20-14-4-5-14/h1-3,10,14H,4-9,11H2,(H3,18,19,20). The first-order valence-corrected chi connectivity index (χ1v) is 7.58. The lowest BCUT2D eigenvalue weighted by Crippen LogP contribution is -2.39. The van der Waals surface area contributed by atoms with Crippen molar-refractivity contribution in [2.24, 2.45) is 10.7 Å². The van der Waals surface area contributed by atoms with Crippen LogP contribution in [0.15, 0.2) is 29.3 Å². The molecule has 3 rings (SSSR count). The molecule has 0 spiro atoms. The Morgan fingerprint density at radius 2 is 2.14 bits per heavy atom. The summed E-state index contributed by atoms with van der Waals surface area (Å²) in [6.45, 7) is 1.94. The highest BCUT2D eigenvalue weighted by Gasteiger charge is 2.35. The quantitative estimate of drug-likeness (QED) is 0.658. The number of halogens is 1. The highest BCUT2D eigenvalue weighted by atomic mass is 19.1. The van der Waals surface area contributed by atoms with Gasteiger partial charge in [-0.15, -0.1) is 0 Å². The maximum absolute atomic E-state index is 13.6. The van der Waals surface area contributed by atoms with Crippen molar-refractivity contribution < 1.29 is 9.13 Å². The van der Waals surface area contributed by atoms with Gasteiger partial charge in [-0.3, -0.25) is 4.99 Å². The van der Waals surface area contributed by atoms with E-state index in [2.05, 4.69) is 10.3 Å². The minimum absolute atomic E-state index is 0.170. The lowest BCUT2D eigenvalue weighted by Gasteiger charge is -2.36. The van der Waals surface area contributed by atoms with Gasteiger partial charge in [0, 0.05) is 24.7 Å². The van der Waals surface area contributed by atoms with Crippen LogP contribution >= 0.6 is 0 Å². The van der Waals surface area contributed by atoms with E-state index in [1.807, 2.05) is 6.07 Å². The second-order valence-corrected chi connectivity index (χ2v) is 6.02. The smallest absolute Gasteiger partial charge is 0.188 e. The Hall–Kier alpha value is -1.62. The Morgan fingerprint density at radius 1 is 1.38 bits per heavy atom. The van der Waals surface area contributed by atoms with Gasteiger partial charge in [-0.2, -0.15) is 0 Å². The van der Waals surface area contributed by atoms with Crippen molar-refractivity contribution in [2.75, 3.05) is 19.8 Å². The van der Waals surface area contributed by atoms with E-state index < -0.39 is 0 Å². The second-order valence-electron chi connectivity index (χ2n) is 6.02. The largest absolute Gasteiger partial charge is 0.381 e. The predicted octanol–water partition coefficient (Wildman–Crippen LogP) is 1.94. The van der Waals surface area contributed by atoms with Gasteiger partial charge in [0.2, 0.25) is 0 Å². The highest BCUT2D eigenvalue weighted by Crippen LogP contribution is 2.35. The fourth-order valence-corrected chi connectivity index (χ4v) is 2.84. The van der Waals surface area contributed by atoms with Gasteiger partial charge in [0.25, 0.3) is 0 Å². The Bertz CT molecular complexity index is 522. The lowest BCUT2D eigenvalue weighted by atomic mass is 9.74. The van der Waals surface area contributed by atoms with Crippen molar-refractivity contribution >= 4 is 5.96 Å². The van der Waals surface area contributed by atoms with Gasteiger partial charge in [-0.1, -0.05) is 12.1 Å². The van der Waals surface area contributed by atoms with Crippen LogP contribution < -0.4 is 11.1 Å². The molecule has 0 unspecified atom stereocenters. The first-order chi connectivity index (χ1) is 10.2. The van der Waals surface area contributed by atoms with Crippen LogP contribution in [-0.2, 0) is 10.2 Å². The monoisotopic (exact) mass is 291 g/mol. The van der Waals surface area contributed by atoms with Crippen molar-refractivity contribution in [1.82, 2.24) is 5.32 Å². The van der Waals surface area contributed by atoms with E-state index in [0.717, 1.165) is 18.4 Å². The van der Waals surface area contributed by atoms with Crippen molar-refractivity contribution in [2.45, 2.75) is 37.1 Å². The molecule has 0 bridgehead atoms. The Morgan fingerprint density at radius 3 is 2.81 bits per heavy atom. The third kappa shape index (κ3) is 3.53. The van der Waals surface area contributed by atoms with Gasteiger partial charge in [0.15, 0.2) is 5.96 Å². The molecule has 1 saturated carbocycles. The molecule has 0 atom stereocenters. The minimum Gasteiger partial charge on any atom is -0.381 e. The van der Waals surface area contributed by atoms with Gasteiger partial charge in [-0.25, -0.2) is 4.39 Å². The number of ether oxygens (including phenoxy) is 1. The molecule has 1 heterocycles. The summed E-state index contributed by atoms with van der Waals surface area (Å²) in [5.41, 5.74) is 6.76. The van der Waals surface area contributed by atoms with Crippen LogP contribution in [0.4, 0.5) is 4.39 Å². The van der Waals surface area contributed by atoms with Crippen molar-refractivity contribution in [3.05, 3.63) is 35.6 Å². The van der Waals surface area contributed by atoms with Crippen LogP contribution in [0.1, 0.15) is 31.2 Å². The van der Waals surface area contributed by atoms with Crippen LogP contribution in [0, 0.1) is 5.82 Å². The number of nitrogens with zero attached hydrogens (tertiary/aromatic N) is 1. The SMILES string of the molecule is NC(=NCC1(c2cccc(F)c2)CCOCC1)NC1CC1. The average molecular weight is 291 g/mol. The molecule has 4 nitrogen and oxygen atoms in total. The van der Waals surface area contributed by atoms with Crippen molar-refractivity contribution in [3.8, 4) is 0 Å². The van der Waals surface area contributed by atoms with Crippen LogP contribution in [-0.4, -0.2) is 31.8 Å². The van der Waals surface area contributed by atoms with Gasteiger partial charge in [-0.05, 0) is 43.4 Å². The molecule has 1 aromatic rings. The van der Waals surface area contributed by atoms with E-state index >= 15 is 0 Å². The molecule has 3 N–H and O–H groups in total. The van der Waals surface area contributed by atoms with Gasteiger partial charge >= 0.3 is 0 Å². The molecule has 1 aliphatic heterocycles. The van der Waals surface area contributed by atoms with E-state index in [-0.39, 0.29) is 11.2 Å². The molecule has 0 amide bonds. The summed E-state index contributed by atoms with van der Waals surface area (Å²) in [5, 5.41) is 3.20. The number of benzene rings is 1. The molecule has 1 aliphatic carbocycles. The number of nitrogens with two attached hydrogens (primary N) is 1. The summed E-state index contributed by atoms with van der Waals surface area (Å²) in [5.74, 6) is 0.297. The summed E-state index contributed by atoms with van der Waals surface area (Å²) in [6, 6.07) is 7.33. The third-order valence-electron chi connectivity index (χ3n) is 4.37. The number of guanidine groups is 1. The fourth-order valence-electron chi connectivity index (χ4n) is 2.84. The molecule has 0 aromatic heterocycles. The van der Waals surface area contributed by atoms with Crippen LogP contribution in [0.5, 0.6) is 0 Å². The molecule has 5 heteroatoms. The fraction of sp³-hybridized carbons (Fsp3) is 0.562. The van der Waals surface area contributed by atoms with E-state index in [1.54, 1.807) is 12.1 Å². The molecule has 2 fully saturated rings. The Kier molecular flexibility index (Phi) is 4.10. The Labute approximate surface area is 124 Å². The van der Waals surface area contributed by atoms with Crippen LogP contribution in [0.25, 0.3) is 0 Å². The topological polar surface area (TPSA) is 59.6 Å². The molecular formula is C16H22FN3O. The molecular weight excluding hydrogens is 269 g/mol. The van der Waals surface area contributed by atoms with E-state index in [0.29, 0.717) is 31.8 Å². The molecule has 1 aromatic carbocycles. The van der Waals surface area contributed by atoms with Crippen molar-refractivity contribution in [3.63, 3.8) is 0 Å². The zero-order valence-electron chi connectivity index (χ0n) is 12.1. The average Bonchev–Trinajstić information content (AvgIpc) is 3.30. The first kappa shape index (κ1) is 14.3. The summed E-state index contributed by atoms with van der Waals surface area (Å²) in [4.78, 5) is 4.51. The lowest BCUT2D eigenvalue weighted by molar-refractivity contribution is 0.0530. The number of hydrogen-bond acceptors (Lipinski definition) is 2. The van der Waals surface area contributed by atoms with Crippen LogP contribution in [0.3, 0.4) is 0 Å². The maximum Gasteiger partial charge on any atom is 0.188 e. The van der Waals surface area contributed by atoms with Crippen molar-refractivity contribution in [1.29, 1.82) is 0 Å². The maximum atomic E-state index is 13.6. The molecule has 1 saturated heterocycles. The predicted molar refractivity (Wildman–Crippen MR) is 80.8 cm³/mol. The Balaban J connectivity index is 1.79. The van der Waals surface area contributed by atoms with Crippen LogP contribution in [0.2, 0.25) is 0 Å². The summed E-state index contributed by atoms with van der Waals surface area (Å²) in [7, 11) is 0. The third-order valence-corrected chi connectivity index (χ3v) is 4.37. The highest BCUT2D eigenvalue weighted by molar-refractivity contribution is 5.78. The number of aliphatic imine (C=N–C) groups is 1. The summed E-state index contributed by atoms with van der Waals surface area (Å²) in [6.07, 6.45) is 4.02. The summed E-state index contributed by atoms with van der Waals surface area (Å²) < 4.78 is 19.0.